The van der Waals surface area contributed by atoms with E-state index < -0.39 is 0 Å². The molecule has 0 radical (unpaired) electrons. The number of aliphatic hydroxyl groups excluding tert-OH is 1. The van der Waals surface area contributed by atoms with Crippen molar-refractivity contribution in [1.29, 1.82) is 0 Å². The Labute approximate surface area is 163 Å². The first-order valence-electron chi connectivity index (χ1n) is 9.68. The number of para-hydroxylation sites is 1. The summed E-state index contributed by atoms with van der Waals surface area (Å²) in [5.41, 5.74) is 0.524. The Kier molecular flexibility index (Phi) is 6.90. The number of amides is 1. The highest BCUT2D eigenvalue weighted by molar-refractivity contribution is 7.99. The predicted octanol–water partition coefficient (Wildman–Crippen LogP) is 2.66. The Balaban J connectivity index is 1.82. The van der Waals surface area contributed by atoms with Crippen LogP contribution in [0.25, 0.3) is 10.9 Å². The molecule has 6 nitrogen and oxygen atoms in total. The smallest absolute Gasteiger partial charge is 0.262 e. The summed E-state index contributed by atoms with van der Waals surface area (Å²) in [6.45, 7) is 3.35. The molecular weight excluding hydrogens is 362 g/mol. The normalized spacial score (nSPS) is 17.4. The van der Waals surface area contributed by atoms with Gasteiger partial charge in [-0.3, -0.25) is 14.2 Å². The van der Waals surface area contributed by atoms with E-state index in [1.54, 1.807) is 10.6 Å². The fourth-order valence-corrected chi connectivity index (χ4v) is 4.56. The molecule has 1 aromatic carbocycles. The summed E-state index contributed by atoms with van der Waals surface area (Å²) < 4.78 is 1.59. The summed E-state index contributed by atoms with van der Waals surface area (Å²) in [5.74, 6) is 0.392. The lowest BCUT2D eigenvalue weighted by atomic mass is 10.0. The number of piperidine rings is 1. The number of benzene rings is 1. The van der Waals surface area contributed by atoms with Crippen LogP contribution in [0.15, 0.2) is 34.2 Å². The van der Waals surface area contributed by atoms with Crippen molar-refractivity contribution in [3.8, 4) is 0 Å². The lowest BCUT2D eigenvalue weighted by Crippen LogP contribution is -2.44. The average molecular weight is 390 g/mol. The van der Waals surface area contributed by atoms with Gasteiger partial charge in [0.15, 0.2) is 5.16 Å². The van der Waals surface area contributed by atoms with Crippen molar-refractivity contribution in [3.05, 3.63) is 34.6 Å². The molecule has 27 heavy (non-hydrogen) atoms. The van der Waals surface area contributed by atoms with Gasteiger partial charge >= 0.3 is 0 Å². The van der Waals surface area contributed by atoms with Crippen LogP contribution in [0.4, 0.5) is 0 Å². The van der Waals surface area contributed by atoms with Crippen LogP contribution in [-0.4, -0.2) is 50.4 Å². The van der Waals surface area contributed by atoms with Crippen LogP contribution in [0.1, 0.15) is 39.0 Å². The van der Waals surface area contributed by atoms with E-state index in [0.29, 0.717) is 35.1 Å². The van der Waals surface area contributed by atoms with Crippen molar-refractivity contribution in [3.63, 3.8) is 0 Å². The minimum atomic E-state index is -0.117. The summed E-state index contributed by atoms with van der Waals surface area (Å²) in [7, 11) is 0. The highest BCUT2D eigenvalue weighted by atomic mass is 32.2. The van der Waals surface area contributed by atoms with Crippen LogP contribution in [-0.2, 0) is 11.3 Å². The molecule has 1 unspecified atom stereocenters. The predicted molar refractivity (Wildman–Crippen MR) is 108 cm³/mol. The van der Waals surface area contributed by atoms with Gasteiger partial charge in [-0.2, -0.15) is 0 Å². The van der Waals surface area contributed by atoms with Gasteiger partial charge < -0.3 is 10.0 Å². The largest absolute Gasteiger partial charge is 0.396 e. The highest BCUT2D eigenvalue weighted by Gasteiger charge is 2.25. The molecule has 0 aliphatic carbocycles. The Morgan fingerprint density at radius 1 is 1.33 bits per heavy atom. The van der Waals surface area contributed by atoms with Gasteiger partial charge in [-0.25, -0.2) is 4.98 Å². The second-order valence-electron chi connectivity index (χ2n) is 6.88. The maximum Gasteiger partial charge on any atom is 0.262 e. The summed E-state index contributed by atoms with van der Waals surface area (Å²) >= 11 is 1.32. The first kappa shape index (κ1) is 19.9. The monoisotopic (exact) mass is 389 g/mol. The van der Waals surface area contributed by atoms with Crippen LogP contribution in [0, 0.1) is 0 Å². The molecule has 1 aliphatic heterocycles. The zero-order chi connectivity index (χ0) is 19.2. The summed E-state index contributed by atoms with van der Waals surface area (Å²) in [4.78, 5) is 32.2. The quantitative estimate of drug-likeness (QED) is 0.582. The summed E-state index contributed by atoms with van der Waals surface area (Å²) in [5, 5.41) is 10.3. The zero-order valence-electron chi connectivity index (χ0n) is 15.8. The number of rotatable bonds is 7. The molecule has 1 aromatic heterocycles. The van der Waals surface area contributed by atoms with Gasteiger partial charge in [0.2, 0.25) is 5.91 Å². The van der Waals surface area contributed by atoms with E-state index in [-0.39, 0.29) is 23.8 Å². The number of hydrogen-bond acceptors (Lipinski definition) is 5. The molecule has 3 rings (SSSR count). The van der Waals surface area contributed by atoms with Crippen molar-refractivity contribution < 1.29 is 9.90 Å². The standard InChI is InChI=1S/C20H27N3O3S/c1-2-15-8-5-6-11-22(15)18(25)14-27-20-21-17-10-4-3-9-16(17)19(26)23(20)12-7-13-24/h3-4,9-10,15,24H,2,5-8,11-14H2,1H3. The first-order chi connectivity index (χ1) is 13.2. The first-order valence-corrected chi connectivity index (χ1v) is 10.7. The molecule has 1 fully saturated rings. The molecule has 0 spiro atoms. The number of aromatic nitrogens is 2. The number of nitrogens with zero attached hydrogens (tertiary/aromatic N) is 3. The minimum Gasteiger partial charge on any atom is -0.396 e. The number of aliphatic hydroxyl groups is 1. The second-order valence-corrected chi connectivity index (χ2v) is 7.82. The van der Waals surface area contributed by atoms with Gasteiger partial charge in [-0.1, -0.05) is 30.8 Å². The van der Waals surface area contributed by atoms with Crippen molar-refractivity contribution in [2.45, 2.75) is 56.8 Å². The summed E-state index contributed by atoms with van der Waals surface area (Å²) in [6, 6.07) is 7.58. The van der Waals surface area contributed by atoms with E-state index in [2.05, 4.69) is 11.9 Å². The van der Waals surface area contributed by atoms with E-state index in [1.807, 2.05) is 23.1 Å². The molecule has 146 valence electrons. The van der Waals surface area contributed by atoms with Gasteiger partial charge in [0.1, 0.15) is 0 Å². The fraction of sp³-hybridized carbons (Fsp3) is 0.550. The van der Waals surface area contributed by atoms with Gasteiger partial charge in [-0.05, 0) is 44.2 Å². The molecule has 0 bridgehead atoms. The third-order valence-corrected chi connectivity index (χ3v) is 6.07. The molecule has 1 atom stereocenters. The lowest BCUT2D eigenvalue weighted by molar-refractivity contribution is -0.132. The number of fused-ring (bicyclic) bond motifs is 1. The molecule has 7 heteroatoms. The molecule has 0 saturated carbocycles. The third kappa shape index (κ3) is 4.52. The Hall–Kier alpha value is -1.86. The third-order valence-electron chi connectivity index (χ3n) is 5.11. The Morgan fingerprint density at radius 2 is 2.15 bits per heavy atom. The highest BCUT2D eigenvalue weighted by Crippen LogP contribution is 2.23. The number of carbonyl (C=O) groups excluding carboxylic acids is 1. The van der Waals surface area contributed by atoms with Crippen LogP contribution in [0.5, 0.6) is 0 Å². The SMILES string of the molecule is CCC1CCCCN1C(=O)CSc1nc2ccccc2c(=O)n1CCCO. The van der Waals surface area contributed by atoms with Gasteiger partial charge in [0.05, 0.1) is 16.7 Å². The van der Waals surface area contributed by atoms with E-state index >= 15 is 0 Å². The molecule has 1 saturated heterocycles. The number of likely N-dealkylation sites (tertiary alicyclic amines) is 1. The molecular formula is C20H27N3O3S. The maximum absolute atomic E-state index is 12.8. The Bertz CT molecular complexity index is 852. The van der Waals surface area contributed by atoms with E-state index in [4.69, 9.17) is 5.11 Å². The number of carbonyl (C=O) groups is 1. The van der Waals surface area contributed by atoms with Crippen LogP contribution < -0.4 is 5.56 Å². The van der Waals surface area contributed by atoms with Gasteiger partial charge in [0.25, 0.3) is 5.56 Å². The maximum atomic E-state index is 12.8. The van der Waals surface area contributed by atoms with Crippen molar-refractivity contribution >= 4 is 28.6 Å². The Morgan fingerprint density at radius 3 is 2.93 bits per heavy atom. The fourth-order valence-electron chi connectivity index (χ4n) is 3.65. The average Bonchev–Trinajstić information content (AvgIpc) is 2.71. The minimum absolute atomic E-state index is 0.00820. The van der Waals surface area contributed by atoms with Crippen molar-refractivity contribution in [2.24, 2.45) is 0 Å². The van der Waals surface area contributed by atoms with E-state index in [0.717, 1.165) is 25.8 Å². The van der Waals surface area contributed by atoms with Crippen molar-refractivity contribution in [2.75, 3.05) is 18.9 Å². The molecule has 2 heterocycles. The lowest BCUT2D eigenvalue weighted by Gasteiger charge is -2.35. The number of thioether (sulfide) groups is 1. The molecule has 2 aromatic rings. The molecule has 1 amide bonds. The van der Waals surface area contributed by atoms with E-state index in [1.165, 1.54) is 18.2 Å². The van der Waals surface area contributed by atoms with Gasteiger partial charge in [0, 0.05) is 25.7 Å². The van der Waals surface area contributed by atoms with Gasteiger partial charge in [-0.15, -0.1) is 0 Å². The van der Waals surface area contributed by atoms with Crippen LogP contribution in [0.3, 0.4) is 0 Å². The molecule has 1 aliphatic rings. The molecule has 1 N–H and O–H groups in total. The summed E-state index contributed by atoms with van der Waals surface area (Å²) in [6.07, 6.45) is 4.77. The zero-order valence-corrected chi connectivity index (χ0v) is 16.6. The van der Waals surface area contributed by atoms with Crippen LogP contribution in [0.2, 0.25) is 0 Å². The second kappa shape index (κ2) is 9.37. The van der Waals surface area contributed by atoms with Crippen LogP contribution >= 0.6 is 11.8 Å². The number of hydrogen-bond donors (Lipinski definition) is 1. The van der Waals surface area contributed by atoms with Crippen molar-refractivity contribution in [1.82, 2.24) is 14.5 Å². The van der Waals surface area contributed by atoms with E-state index in [9.17, 15) is 9.59 Å². The topological polar surface area (TPSA) is 75.4 Å².